The Kier molecular flexibility index (Phi) is 3.87. The highest BCUT2D eigenvalue weighted by Gasteiger charge is 2.17. The minimum absolute atomic E-state index is 0.362. The van der Waals surface area contributed by atoms with E-state index in [1.54, 1.807) is 0 Å². The zero-order valence-electron chi connectivity index (χ0n) is 8.22. The van der Waals surface area contributed by atoms with Gasteiger partial charge in [0, 0.05) is 23.6 Å². The summed E-state index contributed by atoms with van der Waals surface area (Å²) in [5.41, 5.74) is 0. The lowest BCUT2D eigenvalue weighted by atomic mass is 10.3. The molecular formula is C9H19NOS. The van der Waals surface area contributed by atoms with E-state index in [1.165, 1.54) is 0 Å². The van der Waals surface area contributed by atoms with Crippen molar-refractivity contribution in [1.82, 2.24) is 5.32 Å². The van der Waals surface area contributed by atoms with Gasteiger partial charge < -0.3 is 10.1 Å². The molecule has 1 atom stereocenters. The molecule has 0 saturated carbocycles. The Hall–Kier alpha value is 0.270. The predicted octanol–water partition coefficient (Wildman–Crippen LogP) is 1.51. The van der Waals surface area contributed by atoms with Gasteiger partial charge in [-0.3, -0.25) is 0 Å². The van der Waals surface area contributed by atoms with Crippen molar-refractivity contribution in [2.75, 3.05) is 25.4 Å². The van der Waals surface area contributed by atoms with Crippen molar-refractivity contribution in [2.45, 2.75) is 31.6 Å². The molecule has 0 aliphatic carbocycles. The quantitative estimate of drug-likeness (QED) is 0.711. The molecule has 1 heterocycles. The van der Waals surface area contributed by atoms with Crippen LogP contribution in [0.3, 0.4) is 0 Å². The lowest BCUT2D eigenvalue weighted by Gasteiger charge is -2.26. The standard InChI is InChI=1S/C9H19NOS/c1-9(2,3)12-7-8-6-10-4-5-11-8/h8,10H,4-7H2,1-3H3. The van der Waals surface area contributed by atoms with Gasteiger partial charge in [0.05, 0.1) is 12.7 Å². The third kappa shape index (κ3) is 4.33. The molecule has 0 radical (unpaired) electrons. The Bertz CT molecular complexity index is 127. The van der Waals surface area contributed by atoms with E-state index in [2.05, 4.69) is 26.1 Å². The van der Waals surface area contributed by atoms with Crippen molar-refractivity contribution in [2.24, 2.45) is 0 Å². The molecule has 0 aromatic heterocycles. The SMILES string of the molecule is CC(C)(C)SCC1CNCCO1. The van der Waals surface area contributed by atoms with Crippen LogP contribution in [0.2, 0.25) is 0 Å². The van der Waals surface area contributed by atoms with E-state index in [0.717, 1.165) is 25.4 Å². The average Bonchev–Trinajstić information content (AvgIpc) is 2.02. The molecule has 1 aliphatic rings. The summed E-state index contributed by atoms with van der Waals surface area (Å²) in [5, 5.41) is 3.33. The van der Waals surface area contributed by atoms with E-state index in [4.69, 9.17) is 4.74 Å². The predicted molar refractivity (Wildman–Crippen MR) is 54.8 cm³/mol. The Morgan fingerprint density at radius 3 is 2.75 bits per heavy atom. The van der Waals surface area contributed by atoms with Gasteiger partial charge in [0.1, 0.15) is 0 Å². The number of hydrogen-bond acceptors (Lipinski definition) is 3. The fraction of sp³-hybridized carbons (Fsp3) is 1.00. The second-order valence-corrected chi connectivity index (χ2v) is 5.97. The molecule has 1 aliphatic heterocycles. The molecule has 0 amide bonds. The third-order valence-corrected chi connectivity index (χ3v) is 3.11. The largest absolute Gasteiger partial charge is 0.375 e. The summed E-state index contributed by atoms with van der Waals surface area (Å²) in [6.45, 7) is 9.63. The second kappa shape index (κ2) is 4.49. The lowest BCUT2D eigenvalue weighted by Crippen LogP contribution is -2.40. The van der Waals surface area contributed by atoms with Crippen LogP contribution in [-0.4, -0.2) is 36.3 Å². The van der Waals surface area contributed by atoms with Crippen molar-refractivity contribution >= 4 is 11.8 Å². The van der Waals surface area contributed by atoms with Gasteiger partial charge in [0.2, 0.25) is 0 Å². The van der Waals surface area contributed by atoms with Crippen LogP contribution in [0.4, 0.5) is 0 Å². The summed E-state index contributed by atoms with van der Waals surface area (Å²) in [6.07, 6.45) is 0.419. The van der Waals surface area contributed by atoms with Crippen molar-refractivity contribution in [3.05, 3.63) is 0 Å². The summed E-state index contributed by atoms with van der Waals surface area (Å²) >= 11 is 1.98. The van der Waals surface area contributed by atoms with Crippen molar-refractivity contribution < 1.29 is 4.74 Å². The Labute approximate surface area is 79.4 Å². The highest BCUT2D eigenvalue weighted by Crippen LogP contribution is 2.24. The lowest BCUT2D eigenvalue weighted by molar-refractivity contribution is 0.0439. The van der Waals surface area contributed by atoms with Crippen LogP contribution in [0.15, 0.2) is 0 Å². The first-order valence-corrected chi connectivity index (χ1v) is 5.53. The number of hydrogen-bond donors (Lipinski definition) is 1. The zero-order valence-corrected chi connectivity index (χ0v) is 9.04. The van der Waals surface area contributed by atoms with Gasteiger partial charge in [-0.25, -0.2) is 0 Å². The third-order valence-electron chi connectivity index (χ3n) is 1.71. The number of thioether (sulfide) groups is 1. The number of rotatable bonds is 2. The van der Waals surface area contributed by atoms with Crippen LogP contribution in [0.1, 0.15) is 20.8 Å². The molecule has 0 aromatic carbocycles. The fourth-order valence-corrected chi connectivity index (χ4v) is 1.97. The van der Waals surface area contributed by atoms with E-state index in [0.29, 0.717) is 10.9 Å². The molecular weight excluding hydrogens is 170 g/mol. The van der Waals surface area contributed by atoms with Crippen LogP contribution in [0, 0.1) is 0 Å². The van der Waals surface area contributed by atoms with Gasteiger partial charge in [-0.05, 0) is 0 Å². The first-order chi connectivity index (χ1) is 5.58. The molecule has 12 heavy (non-hydrogen) atoms. The van der Waals surface area contributed by atoms with E-state index >= 15 is 0 Å². The number of nitrogens with one attached hydrogen (secondary N) is 1. The molecule has 0 aromatic rings. The van der Waals surface area contributed by atoms with E-state index in [1.807, 2.05) is 11.8 Å². The maximum atomic E-state index is 5.59. The van der Waals surface area contributed by atoms with Gasteiger partial charge in [-0.2, -0.15) is 11.8 Å². The molecule has 0 bridgehead atoms. The summed E-state index contributed by atoms with van der Waals surface area (Å²) in [5.74, 6) is 1.11. The highest BCUT2D eigenvalue weighted by molar-refractivity contribution is 8.00. The molecule has 0 spiro atoms. The van der Waals surface area contributed by atoms with Crippen molar-refractivity contribution in [3.8, 4) is 0 Å². The van der Waals surface area contributed by atoms with Crippen LogP contribution < -0.4 is 5.32 Å². The van der Waals surface area contributed by atoms with Crippen LogP contribution in [0.25, 0.3) is 0 Å². The van der Waals surface area contributed by atoms with Gasteiger partial charge in [0.15, 0.2) is 0 Å². The smallest absolute Gasteiger partial charge is 0.0790 e. The maximum Gasteiger partial charge on any atom is 0.0790 e. The Morgan fingerprint density at radius 2 is 2.25 bits per heavy atom. The van der Waals surface area contributed by atoms with Crippen LogP contribution in [0.5, 0.6) is 0 Å². The minimum Gasteiger partial charge on any atom is -0.375 e. The van der Waals surface area contributed by atoms with E-state index in [-0.39, 0.29) is 0 Å². The summed E-state index contributed by atoms with van der Waals surface area (Å²) in [6, 6.07) is 0. The fourth-order valence-electron chi connectivity index (χ4n) is 1.07. The van der Waals surface area contributed by atoms with E-state index in [9.17, 15) is 0 Å². The molecule has 1 unspecified atom stereocenters. The monoisotopic (exact) mass is 189 g/mol. The first kappa shape index (κ1) is 10.4. The zero-order chi connectivity index (χ0) is 9.03. The van der Waals surface area contributed by atoms with Crippen molar-refractivity contribution in [1.29, 1.82) is 0 Å². The van der Waals surface area contributed by atoms with Crippen LogP contribution in [-0.2, 0) is 4.74 Å². The molecule has 2 nitrogen and oxygen atoms in total. The van der Waals surface area contributed by atoms with Gasteiger partial charge in [-0.15, -0.1) is 0 Å². The number of morpholine rings is 1. The minimum atomic E-state index is 0.362. The topological polar surface area (TPSA) is 21.3 Å². The first-order valence-electron chi connectivity index (χ1n) is 4.54. The summed E-state index contributed by atoms with van der Waals surface area (Å²) < 4.78 is 5.95. The highest BCUT2D eigenvalue weighted by atomic mass is 32.2. The molecule has 1 N–H and O–H groups in total. The van der Waals surface area contributed by atoms with E-state index < -0.39 is 0 Å². The maximum absolute atomic E-state index is 5.59. The summed E-state index contributed by atoms with van der Waals surface area (Å²) in [7, 11) is 0. The van der Waals surface area contributed by atoms with Crippen LogP contribution >= 0.6 is 11.8 Å². The van der Waals surface area contributed by atoms with Crippen molar-refractivity contribution in [3.63, 3.8) is 0 Å². The van der Waals surface area contributed by atoms with Gasteiger partial charge in [-0.1, -0.05) is 20.8 Å². The molecule has 1 fully saturated rings. The Morgan fingerprint density at radius 1 is 1.50 bits per heavy atom. The van der Waals surface area contributed by atoms with Gasteiger partial charge >= 0.3 is 0 Å². The molecule has 1 saturated heterocycles. The normalized spacial score (nSPS) is 25.8. The molecule has 3 heteroatoms. The average molecular weight is 189 g/mol. The van der Waals surface area contributed by atoms with Gasteiger partial charge in [0.25, 0.3) is 0 Å². The molecule has 72 valence electrons. The summed E-state index contributed by atoms with van der Waals surface area (Å²) in [4.78, 5) is 0. The Balaban J connectivity index is 2.13. The number of ether oxygens (including phenoxy) is 1. The molecule has 1 rings (SSSR count). The second-order valence-electron chi connectivity index (χ2n) is 4.12.